The lowest BCUT2D eigenvalue weighted by Gasteiger charge is -2.04. The molecule has 100 valence electrons. The van der Waals surface area contributed by atoms with Gasteiger partial charge in [0.2, 0.25) is 0 Å². The van der Waals surface area contributed by atoms with E-state index in [-0.39, 0.29) is 12.2 Å². The van der Waals surface area contributed by atoms with Gasteiger partial charge in [0.25, 0.3) is 0 Å². The van der Waals surface area contributed by atoms with Gasteiger partial charge in [-0.2, -0.15) is 5.10 Å². The van der Waals surface area contributed by atoms with Crippen molar-refractivity contribution < 1.29 is 4.79 Å². The molecule has 0 saturated heterocycles. The normalized spacial score (nSPS) is 10.7. The number of halogens is 2. The van der Waals surface area contributed by atoms with Crippen LogP contribution in [-0.4, -0.2) is 20.5 Å². The monoisotopic (exact) mass is 341 g/mol. The summed E-state index contributed by atoms with van der Waals surface area (Å²) in [7, 11) is 1.83. The standard InChI is InChI=1S/C13H13BrClN3O/c1-3-10-13(14)11(18(2)17-10)6-12(19)8-4-5-16-7-9(8)15/h4-5,7H,3,6H2,1-2H3. The van der Waals surface area contributed by atoms with E-state index in [9.17, 15) is 4.79 Å². The molecule has 0 unspecified atom stereocenters. The Bertz CT molecular complexity index is 624. The summed E-state index contributed by atoms with van der Waals surface area (Å²) < 4.78 is 2.63. The molecule has 0 radical (unpaired) electrons. The van der Waals surface area contributed by atoms with Crippen molar-refractivity contribution in [2.24, 2.45) is 7.05 Å². The molecule has 0 aliphatic rings. The molecule has 0 bridgehead atoms. The van der Waals surface area contributed by atoms with Crippen molar-refractivity contribution in [2.45, 2.75) is 19.8 Å². The fourth-order valence-electron chi connectivity index (χ4n) is 1.86. The fraction of sp³-hybridized carbons (Fsp3) is 0.308. The Kier molecular flexibility index (Phi) is 4.37. The van der Waals surface area contributed by atoms with Gasteiger partial charge in [-0.3, -0.25) is 14.5 Å². The summed E-state index contributed by atoms with van der Waals surface area (Å²) in [4.78, 5) is 16.1. The van der Waals surface area contributed by atoms with Crippen LogP contribution >= 0.6 is 27.5 Å². The first-order valence-corrected chi connectivity index (χ1v) is 7.04. The SMILES string of the molecule is CCc1nn(C)c(CC(=O)c2ccncc2Cl)c1Br. The van der Waals surface area contributed by atoms with Crippen LogP contribution in [0.3, 0.4) is 0 Å². The van der Waals surface area contributed by atoms with Crippen LogP contribution in [0, 0.1) is 0 Å². The summed E-state index contributed by atoms with van der Waals surface area (Å²) in [6, 6.07) is 1.63. The first-order valence-electron chi connectivity index (χ1n) is 5.87. The maximum absolute atomic E-state index is 12.3. The van der Waals surface area contributed by atoms with Crippen LogP contribution in [0.4, 0.5) is 0 Å². The second kappa shape index (κ2) is 5.84. The number of carbonyl (C=O) groups excluding carboxylic acids is 1. The van der Waals surface area contributed by atoms with Gasteiger partial charge >= 0.3 is 0 Å². The first kappa shape index (κ1) is 14.2. The molecule has 0 aliphatic carbocycles. The lowest BCUT2D eigenvalue weighted by atomic mass is 10.1. The van der Waals surface area contributed by atoms with Gasteiger partial charge in [-0.05, 0) is 28.4 Å². The molecule has 0 saturated carbocycles. The smallest absolute Gasteiger partial charge is 0.170 e. The van der Waals surface area contributed by atoms with Gasteiger partial charge in [0, 0.05) is 25.0 Å². The Morgan fingerprint density at radius 3 is 2.84 bits per heavy atom. The van der Waals surface area contributed by atoms with Crippen molar-refractivity contribution in [1.82, 2.24) is 14.8 Å². The van der Waals surface area contributed by atoms with E-state index in [4.69, 9.17) is 11.6 Å². The summed E-state index contributed by atoms with van der Waals surface area (Å²) in [6.07, 6.45) is 4.12. The second-order valence-corrected chi connectivity index (χ2v) is 5.34. The largest absolute Gasteiger partial charge is 0.294 e. The van der Waals surface area contributed by atoms with Gasteiger partial charge in [0.1, 0.15) is 0 Å². The molecule has 0 atom stereocenters. The minimum absolute atomic E-state index is 0.0428. The lowest BCUT2D eigenvalue weighted by molar-refractivity contribution is 0.0990. The molecular formula is C13H13BrClN3O. The number of pyridine rings is 1. The molecule has 0 spiro atoms. The Hall–Kier alpha value is -1.20. The van der Waals surface area contributed by atoms with Gasteiger partial charge in [-0.25, -0.2) is 0 Å². The van der Waals surface area contributed by atoms with Crippen molar-refractivity contribution >= 4 is 33.3 Å². The summed E-state index contributed by atoms with van der Waals surface area (Å²) in [5.74, 6) is -0.0428. The molecule has 2 aromatic rings. The van der Waals surface area contributed by atoms with E-state index in [0.717, 1.165) is 22.3 Å². The Balaban J connectivity index is 2.30. The number of aryl methyl sites for hydroxylation is 2. The maximum Gasteiger partial charge on any atom is 0.170 e. The van der Waals surface area contributed by atoms with Crippen LogP contribution in [0.2, 0.25) is 5.02 Å². The fourth-order valence-corrected chi connectivity index (χ4v) is 2.84. The van der Waals surface area contributed by atoms with Gasteiger partial charge < -0.3 is 0 Å². The minimum Gasteiger partial charge on any atom is -0.294 e. The van der Waals surface area contributed by atoms with Gasteiger partial charge in [0.15, 0.2) is 5.78 Å². The Morgan fingerprint density at radius 1 is 1.53 bits per heavy atom. The van der Waals surface area contributed by atoms with Gasteiger partial charge in [-0.1, -0.05) is 18.5 Å². The Labute approximate surface area is 124 Å². The van der Waals surface area contributed by atoms with Gasteiger partial charge in [0.05, 0.1) is 27.3 Å². The highest BCUT2D eigenvalue weighted by Gasteiger charge is 2.18. The van der Waals surface area contributed by atoms with Crippen molar-refractivity contribution in [1.29, 1.82) is 0 Å². The zero-order valence-corrected chi connectivity index (χ0v) is 13.0. The Morgan fingerprint density at radius 2 is 2.26 bits per heavy atom. The van der Waals surface area contributed by atoms with E-state index in [1.165, 1.54) is 6.20 Å². The van der Waals surface area contributed by atoms with Crippen LogP contribution < -0.4 is 0 Å². The number of Topliss-reactive ketones (excluding diaryl/α,β-unsaturated/α-hetero) is 1. The zero-order chi connectivity index (χ0) is 14.0. The van der Waals surface area contributed by atoms with Crippen molar-refractivity contribution in [3.05, 3.63) is 44.9 Å². The highest BCUT2D eigenvalue weighted by molar-refractivity contribution is 9.10. The van der Waals surface area contributed by atoms with E-state index < -0.39 is 0 Å². The molecular weight excluding hydrogens is 330 g/mol. The van der Waals surface area contributed by atoms with Crippen molar-refractivity contribution in [3.8, 4) is 0 Å². The number of ketones is 1. The molecule has 2 rings (SSSR count). The molecule has 2 aromatic heterocycles. The van der Waals surface area contributed by atoms with E-state index in [2.05, 4.69) is 26.0 Å². The number of carbonyl (C=O) groups is 1. The zero-order valence-electron chi connectivity index (χ0n) is 10.7. The summed E-state index contributed by atoms with van der Waals surface area (Å²) >= 11 is 9.48. The molecule has 0 amide bonds. The van der Waals surface area contributed by atoms with E-state index in [1.54, 1.807) is 16.9 Å². The third-order valence-corrected chi connectivity index (χ3v) is 4.12. The predicted molar refractivity (Wildman–Crippen MR) is 77.6 cm³/mol. The lowest BCUT2D eigenvalue weighted by Crippen LogP contribution is -2.09. The molecule has 19 heavy (non-hydrogen) atoms. The predicted octanol–water partition coefficient (Wildman–Crippen LogP) is 3.22. The minimum atomic E-state index is -0.0428. The number of hydrogen-bond donors (Lipinski definition) is 0. The van der Waals surface area contributed by atoms with Gasteiger partial charge in [-0.15, -0.1) is 0 Å². The van der Waals surface area contributed by atoms with Crippen LogP contribution in [0.5, 0.6) is 0 Å². The molecule has 4 nitrogen and oxygen atoms in total. The second-order valence-electron chi connectivity index (χ2n) is 4.14. The molecule has 0 aliphatic heterocycles. The van der Waals surface area contributed by atoms with Crippen LogP contribution in [0.15, 0.2) is 22.9 Å². The number of aromatic nitrogens is 3. The van der Waals surface area contributed by atoms with Crippen LogP contribution in [-0.2, 0) is 19.9 Å². The van der Waals surface area contributed by atoms with E-state index >= 15 is 0 Å². The molecule has 0 fully saturated rings. The summed E-state index contributed by atoms with van der Waals surface area (Å²) in [5, 5.41) is 4.75. The summed E-state index contributed by atoms with van der Waals surface area (Å²) in [5.41, 5.74) is 2.30. The molecule has 0 N–H and O–H groups in total. The molecule has 6 heteroatoms. The highest BCUT2D eigenvalue weighted by atomic mass is 79.9. The molecule has 2 heterocycles. The van der Waals surface area contributed by atoms with Crippen LogP contribution in [0.1, 0.15) is 28.7 Å². The third kappa shape index (κ3) is 2.87. The molecule has 0 aromatic carbocycles. The number of nitrogens with zero attached hydrogens (tertiary/aromatic N) is 3. The van der Waals surface area contributed by atoms with Crippen LogP contribution in [0.25, 0.3) is 0 Å². The topological polar surface area (TPSA) is 47.8 Å². The quantitative estimate of drug-likeness (QED) is 0.802. The van der Waals surface area contributed by atoms with Crippen molar-refractivity contribution in [2.75, 3.05) is 0 Å². The average molecular weight is 343 g/mol. The van der Waals surface area contributed by atoms with E-state index in [1.807, 2.05) is 14.0 Å². The third-order valence-electron chi connectivity index (χ3n) is 2.90. The maximum atomic E-state index is 12.3. The number of hydrogen-bond acceptors (Lipinski definition) is 3. The first-order chi connectivity index (χ1) is 9.04. The van der Waals surface area contributed by atoms with Crippen molar-refractivity contribution in [3.63, 3.8) is 0 Å². The number of rotatable bonds is 4. The highest BCUT2D eigenvalue weighted by Crippen LogP contribution is 2.24. The average Bonchev–Trinajstić information content (AvgIpc) is 2.66. The summed E-state index contributed by atoms with van der Waals surface area (Å²) in [6.45, 7) is 2.03. The van der Waals surface area contributed by atoms with E-state index in [0.29, 0.717) is 10.6 Å².